The highest BCUT2D eigenvalue weighted by Crippen LogP contribution is 2.37. The zero-order chi connectivity index (χ0) is 24.5. The van der Waals surface area contributed by atoms with E-state index in [9.17, 15) is 14.4 Å². The highest BCUT2D eigenvalue weighted by Gasteiger charge is 2.36. The Morgan fingerprint density at radius 2 is 2.09 bits per heavy atom. The van der Waals surface area contributed by atoms with E-state index in [0.29, 0.717) is 22.8 Å². The molecule has 3 aromatic rings. The predicted octanol–water partition coefficient (Wildman–Crippen LogP) is 3.53. The fraction of sp³-hybridized carbons (Fsp3) is 0.385. The molecular weight excluding hydrogens is 466 g/mol. The minimum Gasteiger partial charge on any atom is -0.357 e. The van der Waals surface area contributed by atoms with Gasteiger partial charge in [-0.1, -0.05) is 17.7 Å². The van der Waals surface area contributed by atoms with Gasteiger partial charge in [-0.25, -0.2) is 4.98 Å². The maximum atomic E-state index is 13.1. The molecule has 1 aromatic carbocycles. The smallest absolute Gasteiger partial charge is 0.255 e. The van der Waals surface area contributed by atoms with Crippen molar-refractivity contribution >= 4 is 40.7 Å². The van der Waals surface area contributed by atoms with Crippen molar-refractivity contribution in [1.82, 2.24) is 25.1 Å². The molecule has 0 saturated carbocycles. The molecule has 2 aromatic heterocycles. The summed E-state index contributed by atoms with van der Waals surface area (Å²) in [5, 5.41) is 4.26. The summed E-state index contributed by atoms with van der Waals surface area (Å²) in [7, 11) is 1.53. The van der Waals surface area contributed by atoms with Crippen molar-refractivity contribution in [2.24, 2.45) is 0 Å². The lowest BCUT2D eigenvalue weighted by molar-refractivity contribution is -0.125. The Labute approximate surface area is 208 Å². The predicted molar refractivity (Wildman–Crippen MR) is 134 cm³/mol. The van der Waals surface area contributed by atoms with E-state index in [0.717, 1.165) is 53.6 Å². The van der Waals surface area contributed by atoms with Gasteiger partial charge in [-0.3, -0.25) is 14.5 Å². The Morgan fingerprint density at radius 1 is 1.29 bits per heavy atom. The first kappa shape index (κ1) is 23.5. The van der Waals surface area contributed by atoms with Crippen LogP contribution in [0.4, 0.5) is 0 Å². The van der Waals surface area contributed by atoms with Crippen molar-refractivity contribution in [3.8, 4) is 11.3 Å². The van der Waals surface area contributed by atoms with Crippen LogP contribution in [0.15, 0.2) is 30.5 Å². The number of fused-ring (bicyclic) bond motifs is 2. The van der Waals surface area contributed by atoms with E-state index in [4.69, 9.17) is 16.6 Å². The van der Waals surface area contributed by atoms with Crippen LogP contribution in [0.5, 0.6) is 0 Å². The van der Waals surface area contributed by atoms with E-state index in [1.807, 2.05) is 24.4 Å². The van der Waals surface area contributed by atoms with Crippen molar-refractivity contribution in [2.75, 3.05) is 20.1 Å². The SMILES string of the molecule is CNC(=O)C(CCC=O)N1Cc2cc(-c3nc4[nH]ccc4c(CN4CCCC4)c3Cl)ccc2C1=O. The zero-order valence-corrected chi connectivity index (χ0v) is 20.4. The van der Waals surface area contributed by atoms with Gasteiger partial charge >= 0.3 is 0 Å². The van der Waals surface area contributed by atoms with Crippen LogP contribution < -0.4 is 5.32 Å². The van der Waals surface area contributed by atoms with Crippen molar-refractivity contribution in [3.63, 3.8) is 0 Å². The molecule has 182 valence electrons. The molecule has 5 rings (SSSR count). The topological polar surface area (TPSA) is 98.4 Å². The second kappa shape index (κ2) is 9.79. The lowest BCUT2D eigenvalue weighted by Crippen LogP contribution is -2.46. The van der Waals surface area contributed by atoms with Gasteiger partial charge in [0.25, 0.3) is 5.91 Å². The summed E-state index contributed by atoms with van der Waals surface area (Å²) >= 11 is 6.97. The molecule has 1 fully saturated rings. The average molecular weight is 494 g/mol. The van der Waals surface area contributed by atoms with Crippen LogP contribution in [0, 0.1) is 0 Å². The first-order valence-corrected chi connectivity index (χ1v) is 12.4. The second-order valence-electron chi connectivity index (χ2n) is 9.16. The number of rotatable bonds is 8. The van der Waals surface area contributed by atoms with Gasteiger partial charge < -0.3 is 20.0 Å². The third-order valence-electron chi connectivity index (χ3n) is 7.02. The van der Waals surface area contributed by atoms with Gasteiger partial charge in [-0.2, -0.15) is 0 Å². The third kappa shape index (κ3) is 4.32. The minimum absolute atomic E-state index is 0.207. The third-order valence-corrected chi connectivity index (χ3v) is 7.43. The molecule has 1 atom stereocenters. The van der Waals surface area contributed by atoms with Crippen molar-refractivity contribution in [1.29, 1.82) is 0 Å². The van der Waals surface area contributed by atoms with E-state index < -0.39 is 6.04 Å². The number of benzene rings is 1. The summed E-state index contributed by atoms with van der Waals surface area (Å²) in [4.78, 5) is 48.5. The highest BCUT2D eigenvalue weighted by molar-refractivity contribution is 6.34. The van der Waals surface area contributed by atoms with Crippen molar-refractivity contribution in [2.45, 2.75) is 44.8 Å². The number of likely N-dealkylation sites (N-methyl/N-ethyl adjacent to an activating group) is 1. The minimum atomic E-state index is -0.697. The molecule has 0 radical (unpaired) electrons. The molecule has 9 heteroatoms. The Bertz CT molecular complexity index is 1300. The van der Waals surface area contributed by atoms with Crippen LogP contribution in [0.3, 0.4) is 0 Å². The summed E-state index contributed by atoms with van der Waals surface area (Å²) in [5.41, 5.74) is 4.72. The first-order chi connectivity index (χ1) is 17.0. The molecule has 35 heavy (non-hydrogen) atoms. The number of hydrogen-bond donors (Lipinski definition) is 2. The number of nitrogens with zero attached hydrogens (tertiary/aromatic N) is 3. The summed E-state index contributed by atoms with van der Waals surface area (Å²) in [6.45, 7) is 3.19. The van der Waals surface area contributed by atoms with Crippen LogP contribution in [0.2, 0.25) is 5.02 Å². The number of aromatic nitrogens is 2. The number of halogens is 1. The summed E-state index contributed by atoms with van der Waals surface area (Å²) in [6.07, 6.45) is 5.54. The number of nitrogens with one attached hydrogen (secondary N) is 2. The van der Waals surface area contributed by atoms with E-state index in [1.54, 1.807) is 11.0 Å². The number of carbonyl (C=O) groups excluding carboxylic acids is 3. The first-order valence-electron chi connectivity index (χ1n) is 12.0. The number of hydrogen-bond acceptors (Lipinski definition) is 5. The van der Waals surface area contributed by atoms with Crippen LogP contribution >= 0.6 is 11.6 Å². The molecule has 2 N–H and O–H groups in total. The Hall–Kier alpha value is -3.23. The summed E-state index contributed by atoms with van der Waals surface area (Å²) < 4.78 is 0. The molecule has 2 aliphatic rings. The molecule has 2 aliphatic heterocycles. The van der Waals surface area contributed by atoms with E-state index >= 15 is 0 Å². The van der Waals surface area contributed by atoms with Gasteiger partial charge in [0.15, 0.2) is 0 Å². The summed E-state index contributed by atoms with van der Waals surface area (Å²) in [6, 6.07) is 6.91. The van der Waals surface area contributed by atoms with E-state index in [-0.39, 0.29) is 24.7 Å². The highest BCUT2D eigenvalue weighted by atomic mass is 35.5. The van der Waals surface area contributed by atoms with Gasteiger partial charge in [0, 0.05) is 49.3 Å². The molecule has 1 unspecified atom stereocenters. The Kier molecular flexibility index (Phi) is 6.58. The number of pyridine rings is 1. The molecule has 0 aliphatic carbocycles. The van der Waals surface area contributed by atoms with Gasteiger partial charge in [-0.15, -0.1) is 0 Å². The number of aldehydes is 1. The van der Waals surface area contributed by atoms with Crippen molar-refractivity contribution < 1.29 is 14.4 Å². The zero-order valence-electron chi connectivity index (χ0n) is 19.6. The van der Waals surface area contributed by atoms with Crippen molar-refractivity contribution in [3.05, 3.63) is 52.2 Å². The van der Waals surface area contributed by atoms with Gasteiger partial charge in [0.05, 0.1) is 10.7 Å². The van der Waals surface area contributed by atoms with E-state index in [2.05, 4.69) is 15.2 Å². The molecule has 1 saturated heterocycles. The maximum Gasteiger partial charge on any atom is 0.255 e. The Balaban J connectivity index is 1.50. The number of amides is 2. The molecule has 2 amide bonds. The monoisotopic (exact) mass is 493 g/mol. The van der Waals surface area contributed by atoms with E-state index in [1.165, 1.54) is 19.9 Å². The largest absolute Gasteiger partial charge is 0.357 e. The standard InChI is InChI=1S/C26H28ClN5O3/c1-28-25(34)21(5-4-12-33)32-14-17-13-16(6-7-18(17)26(32)35)23-22(27)20(15-31-10-2-3-11-31)19-8-9-29-24(19)30-23/h6-9,12-13,21H,2-5,10-11,14-15H2,1H3,(H,28,34)(H,29,30). The molecule has 0 bridgehead atoms. The number of likely N-dealkylation sites (tertiary alicyclic amines) is 1. The van der Waals surface area contributed by atoms with Gasteiger partial charge in [0.2, 0.25) is 5.91 Å². The van der Waals surface area contributed by atoms with Crippen LogP contribution in [0.25, 0.3) is 22.3 Å². The van der Waals surface area contributed by atoms with Gasteiger partial charge in [0.1, 0.15) is 18.0 Å². The van der Waals surface area contributed by atoms with Crippen LogP contribution in [-0.2, 0) is 22.7 Å². The lowest BCUT2D eigenvalue weighted by atomic mass is 10.0. The normalized spacial score (nSPS) is 16.6. The molecule has 8 nitrogen and oxygen atoms in total. The number of carbonyl (C=O) groups is 3. The number of aromatic amines is 1. The fourth-order valence-electron chi connectivity index (χ4n) is 5.19. The molecular formula is C26H28ClN5O3. The second-order valence-corrected chi connectivity index (χ2v) is 9.53. The average Bonchev–Trinajstić information content (AvgIpc) is 3.61. The molecule has 4 heterocycles. The van der Waals surface area contributed by atoms with Crippen LogP contribution in [0.1, 0.15) is 47.2 Å². The van der Waals surface area contributed by atoms with Gasteiger partial charge in [-0.05, 0) is 61.7 Å². The summed E-state index contributed by atoms with van der Waals surface area (Å²) in [5.74, 6) is -0.485. The lowest BCUT2D eigenvalue weighted by Gasteiger charge is -2.25. The molecule has 0 spiro atoms. The Morgan fingerprint density at radius 3 is 2.83 bits per heavy atom. The quantitative estimate of drug-likeness (QED) is 0.468. The maximum absolute atomic E-state index is 13.1. The number of H-pyrrole nitrogens is 1. The van der Waals surface area contributed by atoms with Crippen LogP contribution in [-0.4, -0.2) is 64.0 Å². The fourth-order valence-corrected chi connectivity index (χ4v) is 5.51.